The Morgan fingerprint density at radius 3 is 2.30 bits per heavy atom. The zero-order valence-electron chi connectivity index (χ0n) is 17.2. The molecule has 11 nitrogen and oxygen atoms in total. The first-order valence-corrected chi connectivity index (χ1v) is 9.78. The SMILES string of the molecule is COc1ccc(OCC(=O)NNC(=S)NC(=O)c2ccc(-c3ccc([N+](=O)[O-])cc3)o2)cc1. The minimum atomic E-state index is -0.649. The van der Waals surface area contributed by atoms with E-state index in [1.807, 2.05) is 0 Å². The van der Waals surface area contributed by atoms with Gasteiger partial charge in [-0.15, -0.1) is 0 Å². The molecular weight excluding hydrogens is 452 g/mol. The summed E-state index contributed by atoms with van der Waals surface area (Å²) in [6, 6.07) is 15.3. The number of ether oxygens (including phenoxy) is 2. The summed E-state index contributed by atoms with van der Waals surface area (Å²) in [6.45, 7) is -0.285. The van der Waals surface area contributed by atoms with E-state index in [0.717, 1.165) is 0 Å². The van der Waals surface area contributed by atoms with Crippen LogP contribution in [0.5, 0.6) is 11.5 Å². The van der Waals surface area contributed by atoms with Gasteiger partial charge in [0.2, 0.25) is 0 Å². The van der Waals surface area contributed by atoms with Crippen LogP contribution in [0.25, 0.3) is 11.3 Å². The molecule has 1 aromatic heterocycles. The van der Waals surface area contributed by atoms with E-state index in [1.54, 1.807) is 37.4 Å². The molecule has 0 aliphatic heterocycles. The van der Waals surface area contributed by atoms with Crippen molar-refractivity contribution < 1.29 is 28.4 Å². The molecule has 0 radical (unpaired) electrons. The molecule has 170 valence electrons. The molecular formula is C21H18N4O7S. The van der Waals surface area contributed by atoms with Crippen molar-refractivity contribution in [2.45, 2.75) is 0 Å². The summed E-state index contributed by atoms with van der Waals surface area (Å²) in [5, 5.41) is 12.9. The molecule has 0 unspecified atom stereocenters. The fourth-order valence-corrected chi connectivity index (χ4v) is 2.69. The predicted molar refractivity (Wildman–Crippen MR) is 121 cm³/mol. The Morgan fingerprint density at radius 1 is 1.00 bits per heavy atom. The second-order valence-corrected chi connectivity index (χ2v) is 6.80. The molecule has 0 saturated heterocycles. The van der Waals surface area contributed by atoms with Crippen molar-refractivity contribution in [3.05, 3.63) is 76.5 Å². The maximum atomic E-state index is 12.3. The van der Waals surface area contributed by atoms with E-state index in [4.69, 9.17) is 26.1 Å². The zero-order chi connectivity index (χ0) is 23.8. The summed E-state index contributed by atoms with van der Waals surface area (Å²) in [7, 11) is 1.54. The lowest BCUT2D eigenvalue weighted by atomic mass is 10.1. The highest BCUT2D eigenvalue weighted by Gasteiger charge is 2.15. The summed E-state index contributed by atoms with van der Waals surface area (Å²) >= 11 is 4.97. The van der Waals surface area contributed by atoms with Gasteiger partial charge in [0, 0.05) is 17.7 Å². The van der Waals surface area contributed by atoms with Gasteiger partial charge in [-0.1, -0.05) is 0 Å². The standard InChI is InChI=1S/C21H18N4O7S/c1-30-15-6-8-16(9-7-15)31-12-19(26)23-24-21(33)22-20(27)18-11-10-17(32-18)13-2-4-14(5-3-13)25(28)29/h2-11H,12H2,1H3,(H,23,26)(H2,22,24,27,33). The lowest BCUT2D eigenvalue weighted by molar-refractivity contribution is -0.384. The Morgan fingerprint density at radius 2 is 1.67 bits per heavy atom. The number of hydrogen-bond acceptors (Lipinski definition) is 8. The first-order chi connectivity index (χ1) is 15.9. The number of hydrazine groups is 1. The van der Waals surface area contributed by atoms with Crippen LogP contribution in [0.4, 0.5) is 5.69 Å². The van der Waals surface area contributed by atoms with Gasteiger partial charge in [0.05, 0.1) is 12.0 Å². The van der Waals surface area contributed by atoms with Crippen LogP contribution in [-0.2, 0) is 4.79 Å². The first-order valence-electron chi connectivity index (χ1n) is 9.37. The highest BCUT2D eigenvalue weighted by molar-refractivity contribution is 7.80. The molecule has 3 rings (SSSR count). The number of benzene rings is 2. The number of nitro groups is 1. The fourth-order valence-electron chi connectivity index (χ4n) is 2.54. The van der Waals surface area contributed by atoms with E-state index >= 15 is 0 Å². The number of hydrogen-bond donors (Lipinski definition) is 3. The first kappa shape index (κ1) is 23.2. The third-order valence-corrected chi connectivity index (χ3v) is 4.37. The number of thiocarbonyl (C=S) groups is 1. The third kappa shape index (κ3) is 6.51. The lowest BCUT2D eigenvalue weighted by Crippen LogP contribution is -2.49. The average molecular weight is 470 g/mol. The fraction of sp³-hybridized carbons (Fsp3) is 0.0952. The Balaban J connectivity index is 1.45. The summed E-state index contributed by atoms with van der Waals surface area (Å²) in [6.07, 6.45) is 0. The monoisotopic (exact) mass is 470 g/mol. The lowest BCUT2D eigenvalue weighted by Gasteiger charge is -2.11. The molecule has 0 fully saturated rings. The molecule has 0 bridgehead atoms. The second-order valence-electron chi connectivity index (χ2n) is 6.39. The number of nitrogens with zero attached hydrogens (tertiary/aromatic N) is 1. The van der Waals surface area contributed by atoms with Gasteiger partial charge in [-0.2, -0.15) is 0 Å². The maximum Gasteiger partial charge on any atom is 0.293 e. The van der Waals surface area contributed by atoms with Crippen molar-refractivity contribution >= 4 is 34.8 Å². The molecule has 0 spiro atoms. The minimum absolute atomic E-state index is 0.0401. The van der Waals surface area contributed by atoms with Crippen molar-refractivity contribution in [2.75, 3.05) is 13.7 Å². The highest BCUT2D eigenvalue weighted by Crippen LogP contribution is 2.24. The number of nitro benzene ring substituents is 1. The number of carbonyl (C=O) groups is 2. The van der Waals surface area contributed by atoms with Gasteiger partial charge in [0.15, 0.2) is 17.5 Å². The van der Waals surface area contributed by atoms with Gasteiger partial charge in [0.25, 0.3) is 17.5 Å². The Hall–Kier alpha value is -4.45. The van der Waals surface area contributed by atoms with Crippen LogP contribution in [0.15, 0.2) is 65.1 Å². The summed E-state index contributed by atoms with van der Waals surface area (Å²) < 4.78 is 15.8. The number of rotatable bonds is 7. The van der Waals surface area contributed by atoms with Crippen LogP contribution in [0, 0.1) is 10.1 Å². The van der Waals surface area contributed by atoms with Gasteiger partial charge in [0.1, 0.15) is 17.3 Å². The van der Waals surface area contributed by atoms with E-state index in [9.17, 15) is 19.7 Å². The predicted octanol–water partition coefficient (Wildman–Crippen LogP) is 2.58. The molecule has 3 N–H and O–H groups in total. The van der Waals surface area contributed by atoms with Crippen LogP contribution in [0.3, 0.4) is 0 Å². The summed E-state index contributed by atoms with van der Waals surface area (Å²) in [5.74, 6) is 0.263. The van der Waals surface area contributed by atoms with Crippen molar-refractivity contribution in [2.24, 2.45) is 0 Å². The van der Waals surface area contributed by atoms with Crippen LogP contribution >= 0.6 is 12.2 Å². The van der Waals surface area contributed by atoms with Gasteiger partial charge in [-0.3, -0.25) is 35.9 Å². The normalized spacial score (nSPS) is 10.1. The van der Waals surface area contributed by atoms with Crippen LogP contribution < -0.4 is 25.6 Å². The molecule has 2 amide bonds. The van der Waals surface area contributed by atoms with Crippen molar-refractivity contribution in [1.29, 1.82) is 0 Å². The topological polar surface area (TPSA) is 145 Å². The maximum absolute atomic E-state index is 12.3. The van der Waals surface area contributed by atoms with E-state index in [0.29, 0.717) is 22.8 Å². The number of amides is 2. The van der Waals surface area contributed by atoms with Crippen molar-refractivity contribution in [3.8, 4) is 22.8 Å². The average Bonchev–Trinajstić information content (AvgIpc) is 3.32. The van der Waals surface area contributed by atoms with Crippen LogP contribution in [0.1, 0.15) is 10.6 Å². The zero-order valence-corrected chi connectivity index (χ0v) is 18.0. The molecule has 0 atom stereocenters. The number of carbonyl (C=O) groups excluding carboxylic acids is 2. The Kier molecular flexibility index (Phi) is 7.55. The van der Waals surface area contributed by atoms with E-state index in [2.05, 4.69) is 16.2 Å². The second kappa shape index (κ2) is 10.7. The number of furan rings is 1. The van der Waals surface area contributed by atoms with Gasteiger partial charge in [-0.05, 0) is 60.7 Å². The van der Waals surface area contributed by atoms with Gasteiger partial charge in [-0.25, -0.2) is 0 Å². The summed E-state index contributed by atoms with van der Waals surface area (Å²) in [5.41, 5.74) is 5.19. The molecule has 12 heteroatoms. The van der Waals surface area contributed by atoms with Crippen LogP contribution in [-0.4, -0.2) is 35.6 Å². The smallest absolute Gasteiger partial charge is 0.293 e. The van der Waals surface area contributed by atoms with Crippen LogP contribution in [0.2, 0.25) is 0 Å². The Bertz CT molecular complexity index is 1160. The Labute approximate surface area is 192 Å². The molecule has 1 heterocycles. The molecule has 3 aromatic rings. The highest BCUT2D eigenvalue weighted by atomic mass is 32.1. The summed E-state index contributed by atoms with van der Waals surface area (Å²) in [4.78, 5) is 34.4. The van der Waals surface area contributed by atoms with Gasteiger partial charge >= 0.3 is 0 Å². The molecule has 33 heavy (non-hydrogen) atoms. The number of non-ortho nitro benzene ring substituents is 1. The van der Waals surface area contributed by atoms with Crippen molar-refractivity contribution in [1.82, 2.24) is 16.2 Å². The number of nitrogens with one attached hydrogen (secondary N) is 3. The molecule has 0 aliphatic carbocycles. The van der Waals surface area contributed by atoms with Crippen molar-refractivity contribution in [3.63, 3.8) is 0 Å². The molecule has 0 aliphatic rings. The third-order valence-electron chi connectivity index (χ3n) is 4.16. The minimum Gasteiger partial charge on any atom is -0.497 e. The largest absolute Gasteiger partial charge is 0.497 e. The van der Waals surface area contributed by atoms with Gasteiger partial charge < -0.3 is 13.9 Å². The number of methoxy groups -OCH3 is 1. The van der Waals surface area contributed by atoms with E-state index < -0.39 is 16.7 Å². The molecule has 2 aromatic carbocycles. The quantitative estimate of drug-likeness (QED) is 0.269. The van der Waals surface area contributed by atoms with E-state index in [1.165, 1.54) is 30.3 Å². The van der Waals surface area contributed by atoms with E-state index in [-0.39, 0.29) is 23.2 Å². The molecule has 0 saturated carbocycles.